The lowest BCUT2D eigenvalue weighted by Gasteiger charge is -2.35. The molecule has 1 saturated carbocycles. The van der Waals surface area contributed by atoms with Gasteiger partial charge in [0.25, 0.3) is 0 Å². The van der Waals surface area contributed by atoms with Crippen LogP contribution in [0.4, 0.5) is 8.78 Å². The molecule has 1 aromatic carbocycles. The van der Waals surface area contributed by atoms with Gasteiger partial charge in [-0.3, -0.25) is 4.79 Å². The van der Waals surface area contributed by atoms with Crippen molar-refractivity contribution < 1.29 is 13.6 Å². The quantitative estimate of drug-likeness (QED) is 0.897. The molecule has 0 radical (unpaired) electrons. The summed E-state index contributed by atoms with van der Waals surface area (Å²) in [7, 11) is 0. The Morgan fingerprint density at radius 2 is 2.05 bits per heavy atom. The van der Waals surface area contributed by atoms with Crippen LogP contribution in [0.15, 0.2) is 18.2 Å². The van der Waals surface area contributed by atoms with E-state index in [9.17, 15) is 13.6 Å². The van der Waals surface area contributed by atoms with Gasteiger partial charge in [0.05, 0.1) is 5.54 Å². The predicted molar refractivity (Wildman–Crippen MR) is 77.6 cm³/mol. The molecular weight excluding hydrogens is 274 g/mol. The zero-order valence-corrected chi connectivity index (χ0v) is 12.3. The van der Waals surface area contributed by atoms with E-state index in [0.717, 1.165) is 18.9 Å². The lowest BCUT2D eigenvalue weighted by molar-refractivity contribution is -0.128. The third kappa shape index (κ3) is 4.24. The molecule has 116 valence electrons. The molecule has 0 aromatic heterocycles. The van der Waals surface area contributed by atoms with Gasteiger partial charge in [-0.2, -0.15) is 0 Å². The molecule has 0 aliphatic heterocycles. The Kier molecular flexibility index (Phi) is 4.93. The number of benzene rings is 1. The van der Waals surface area contributed by atoms with Gasteiger partial charge < -0.3 is 11.1 Å². The molecule has 0 bridgehead atoms. The molecule has 1 aliphatic carbocycles. The largest absolute Gasteiger partial charge is 0.354 e. The molecule has 3 nitrogen and oxygen atoms in total. The number of carbonyl (C=O) groups excluding carboxylic acids is 1. The van der Waals surface area contributed by atoms with Crippen LogP contribution >= 0.6 is 0 Å². The zero-order chi connectivity index (χ0) is 15.5. The van der Waals surface area contributed by atoms with Crippen LogP contribution in [0.25, 0.3) is 0 Å². The summed E-state index contributed by atoms with van der Waals surface area (Å²) in [6.45, 7) is 2.43. The molecule has 21 heavy (non-hydrogen) atoms. The molecule has 5 heteroatoms. The minimum Gasteiger partial charge on any atom is -0.354 e. The van der Waals surface area contributed by atoms with E-state index in [1.807, 2.05) is 0 Å². The van der Waals surface area contributed by atoms with E-state index in [0.29, 0.717) is 37.3 Å². The van der Waals surface area contributed by atoms with Crippen molar-refractivity contribution in [1.29, 1.82) is 0 Å². The van der Waals surface area contributed by atoms with E-state index < -0.39 is 17.2 Å². The minimum absolute atomic E-state index is 0.161. The van der Waals surface area contributed by atoms with Gasteiger partial charge in [-0.1, -0.05) is 19.8 Å². The molecule has 2 atom stereocenters. The molecule has 0 saturated heterocycles. The smallest absolute Gasteiger partial charge is 0.240 e. The van der Waals surface area contributed by atoms with Crippen molar-refractivity contribution in [1.82, 2.24) is 5.32 Å². The molecule has 1 amide bonds. The van der Waals surface area contributed by atoms with Crippen LogP contribution < -0.4 is 11.1 Å². The number of nitrogens with one attached hydrogen (secondary N) is 1. The second kappa shape index (κ2) is 6.52. The van der Waals surface area contributed by atoms with E-state index in [-0.39, 0.29) is 5.91 Å². The summed E-state index contributed by atoms with van der Waals surface area (Å²) in [6.07, 6.45) is 3.83. The maximum Gasteiger partial charge on any atom is 0.240 e. The normalized spacial score (nSPS) is 25.6. The standard InChI is InChI=1S/C16H22F2N2O/c1-11-3-2-5-16(19,10-11)15(21)20-6-4-12-7-13(17)9-14(18)8-12/h7-9,11H,2-6,10,19H2,1H3,(H,20,21). The summed E-state index contributed by atoms with van der Waals surface area (Å²) in [5, 5.41) is 2.79. The Hall–Kier alpha value is -1.49. The van der Waals surface area contributed by atoms with E-state index in [2.05, 4.69) is 12.2 Å². The van der Waals surface area contributed by atoms with Gasteiger partial charge in [0.2, 0.25) is 5.91 Å². The molecule has 1 aromatic rings. The zero-order valence-electron chi connectivity index (χ0n) is 12.3. The van der Waals surface area contributed by atoms with Gasteiger partial charge in [-0.15, -0.1) is 0 Å². The van der Waals surface area contributed by atoms with Crippen molar-refractivity contribution in [3.63, 3.8) is 0 Å². The van der Waals surface area contributed by atoms with Crippen LogP contribution in [-0.2, 0) is 11.2 Å². The van der Waals surface area contributed by atoms with Crippen molar-refractivity contribution in [2.24, 2.45) is 11.7 Å². The maximum atomic E-state index is 13.1. The highest BCUT2D eigenvalue weighted by Crippen LogP contribution is 2.30. The number of nitrogens with two attached hydrogens (primary N) is 1. The molecule has 3 N–H and O–H groups in total. The highest BCUT2D eigenvalue weighted by Gasteiger charge is 2.37. The van der Waals surface area contributed by atoms with Gasteiger partial charge in [0.15, 0.2) is 0 Å². The molecular formula is C16H22F2N2O. The second-order valence-corrected chi connectivity index (χ2v) is 6.14. The van der Waals surface area contributed by atoms with Crippen molar-refractivity contribution in [2.45, 2.75) is 44.6 Å². The summed E-state index contributed by atoms with van der Waals surface area (Å²) < 4.78 is 26.1. The van der Waals surface area contributed by atoms with Crippen LogP contribution in [0.3, 0.4) is 0 Å². The summed E-state index contributed by atoms with van der Waals surface area (Å²) in [5.74, 6) is -0.918. The third-order valence-corrected chi connectivity index (χ3v) is 4.11. The summed E-state index contributed by atoms with van der Waals surface area (Å²) in [5.41, 5.74) is 5.91. The second-order valence-electron chi connectivity index (χ2n) is 6.14. The number of rotatable bonds is 4. The first-order chi connectivity index (χ1) is 9.89. The lowest BCUT2D eigenvalue weighted by atomic mass is 9.76. The highest BCUT2D eigenvalue weighted by molar-refractivity contribution is 5.86. The van der Waals surface area contributed by atoms with Crippen molar-refractivity contribution >= 4 is 5.91 Å². The monoisotopic (exact) mass is 296 g/mol. The lowest BCUT2D eigenvalue weighted by Crippen LogP contribution is -2.56. The first kappa shape index (κ1) is 15.9. The van der Waals surface area contributed by atoms with Gasteiger partial charge >= 0.3 is 0 Å². The van der Waals surface area contributed by atoms with E-state index in [1.54, 1.807) is 0 Å². The van der Waals surface area contributed by atoms with E-state index >= 15 is 0 Å². The topological polar surface area (TPSA) is 55.1 Å². The fraction of sp³-hybridized carbons (Fsp3) is 0.562. The molecule has 2 unspecified atom stereocenters. The first-order valence-corrected chi connectivity index (χ1v) is 7.41. The Morgan fingerprint density at radius 1 is 1.38 bits per heavy atom. The maximum absolute atomic E-state index is 13.1. The van der Waals surface area contributed by atoms with Crippen molar-refractivity contribution in [3.05, 3.63) is 35.4 Å². The van der Waals surface area contributed by atoms with Crippen LogP contribution in [0.5, 0.6) is 0 Å². The predicted octanol–water partition coefficient (Wildman–Crippen LogP) is 2.53. The number of amides is 1. The number of carbonyl (C=O) groups is 1. The Labute approximate surface area is 123 Å². The van der Waals surface area contributed by atoms with Crippen LogP contribution in [0.2, 0.25) is 0 Å². The molecule has 1 aliphatic rings. The average molecular weight is 296 g/mol. The van der Waals surface area contributed by atoms with Crippen LogP contribution in [-0.4, -0.2) is 18.0 Å². The van der Waals surface area contributed by atoms with Crippen LogP contribution in [0.1, 0.15) is 38.2 Å². The molecule has 1 fully saturated rings. The summed E-state index contributed by atoms with van der Waals surface area (Å²) in [6, 6.07) is 3.38. The Morgan fingerprint density at radius 3 is 2.67 bits per heavy atom. The van der Waals surface area contributed by atoms with Gasteiger partial charge in [0, 0.05) is 12.6 Å². The van der Waals surface area contributed by atoms with E-state index in [1.165, 1.54) is 12.1 Å². The van der Waals surface area contributed by atoms with Crippen molar-refractivity contribution in [2.75, 3.05) is 6.54 Å². The average Bonchev–Trinajstić information content (AvgIpc) is 2.37. The Balaban J connectivity index is 1.86. The highest BCUT2D eigenvalue weighted by atomic mass is 19.1. The first-order valence-electron chi connectivity index (χ1n) is 7.41. The van der Waals surface area contributed by atoms with Crippen molar-refractivity contribution in [3.8, 4) is 0 Å². The summed E-state index contributed by atoms with van der Waals surface area (Å²) in [4.78, 5) is 12.2. The fourth-order valence-electron chi connectivity index (χ4n) is 3.05. The van der Waals surface area contributed by atoms with Gasteiger partial charge in [-0.25, -0.2) is 8.78 Å². The summed E-state index contributed by atoms with van der Waals surface area (Å²) >= 11 is 0. The molecule has 0 heterocycles. The van der Waals surface area contributed by atoms with Crippen LogP contribution in [0, 0.1) is 17.6 Å². The molecule has 2 rings (SSSR count). The molecule has 0 spiro atoms. The van der Waals surface area contributed by atoms with Gasteiger partial charge in [0.1, 0.15) is 11.6 Å². The fourth-order valence-corrected chi connectivity index (χ4v) is 3.05. The third-order valence-electron chi connectivity index (χ3n) is 4.11. The number of hydrogen-bond donors (Lipinski definition) is 2. The minimum atomic E-state index is -0.801. The number of hydrogen-bond acceptors (Lipinski definition) is 2. The van der Waals surface area contributed by atoms with Gasteiger partial charge in [-0.05, 0) is 42.9 Å². The SMILES string of the molecule is CC1CCCC(N)(C(=O)NCCc2cc(F)cc(F)c2)C1. The van der Waals surface area contributed by atoms with E-state index in [4.69, 9.17) is 5.73 Å². The Bertz CT molecular complexity index is 501. The number of halogens is 2.